The molecule has 0 radical (unpaired) electrons. The highest BCUT2D eigenvalue weighted by Gasteiger charge is 2.29. The molecule has 1 heterocycles. The van der Waals surface area contributed by atoms with Gasteiger partial charge in [-0.2, -0.15) is 0 Å². The van der Waals surface area contributed by atoms with Gasteiger partial charge >= 0.3 is 0 Å². The second kappa shape index (κ2) is 5.19. The lowest BCUT2D eigenvalue weighted by Gasteiger charge is -2.30. The van der Waals surface area contributed by atoms with Gasteiger partial charge < -0.3 is 9.84 Å². The Kier molecular flexibility index (Phi) is 3.52. The van der Waals surface area contributed by atoms with Crippen molar-refractivity contribution < 1.29 is 14.2 Å². The summed E-state index contributed by atoms with van der Waals surface area (Å²) in [7, 11) is 0. The minimum Gasteiger partial charge on any atom is -0.485 e. The van der Waals surface area contributed by atoms with Gasteiger partial charge in [0.25, 0.3) is 0 Å². The van der Waals surface area contributed by atoms with Crippen LogP contribution in [0.5, 0.6) is 5.75 Å². The molecule has 0 saturated carbocycles. The summed E-state index contributed by atoms with van der Waals surface area (Å²) in [6.45, 7) is 1.91. The number of hydrogen-bond donors (Lipinski definition) is 1. The Labute approximate surface area is 125 Å². The first kappa shape index (κ1) is 13.6. The van der Waals surface area contributed by atoms with E-state index in [0.717, 1.165) is 15.6 Å². The van der Waals surface area contributed by atoms with Crippen LogP contribution in [0.25, 0.3) is 0 Å². The summed E-state index contributed by atoms with van der Waals surface area (Å²) >= 11 is 3.38. The topological polar surface area (TPSA) is 29.5 Å². The highest BCUT2D eigenvalue weighted by molar-refractivity contribution is 9.10. The third kappa shape index (κ3) is 2.45. The van der Waals surface area contributed by atoms with Gasteiger partial charge in [0, 0.05) is 22.0 Å². The van der Waals surface area contributed by atoms with Crippen molar-refractivity contribution >= 4 is 15.9 Å². The molecule has 1 unspecified atom stereocenters. The fraction of sp³-hybridized carbons (Fsp3) is 0.250. The van der Waals surface area contributed by atoms with E-state index in [1.165, 1.54) is 6.07 Å². The Morgan fingerprint density at radius 1 is 1.20 bits per heavy atom. The van der Waals surface area contributed by atoms with Crippen LogP contribution in [0, 0.1) is 12.7 Å². The number of halogens is 2. The summed E-state index contributed by atoms with van der Waals surface area (Å²) in [6, 6.07) is 10.4. The SMILES string of the molecule is Cc1ccc(F)c(C2C[C@H](O)c3ccc(Br)cc3O2)c1. The summed E-state index contributed by atoms with van der Waals surface area (Å²) in [5.41, 5.74) is 2.21. The first-order valence-corrected chi connectivity index (χ1v) is 7.24. The molecule has 0 saturated heterocycles. The molecule has 0 spiro atoms. The first-order chi connectivity index (χ1) is 9.54. The van der Waals surface area contributed by atoms with Crippen LogP contribution < -0.4 is 4.74 Å². The molecule has 2 nitrogen and oxygen atoms in total. The van der Waals surface area contributed by atoms with Crippen molar-refractivity contribution in [2.24, 2.45) is 0 Å². The van der Waals surface area contributed by atoms with E-state index in [2.05, 4.69) is 15.9 Å². The fourth-order valence-corrected chi connectivity index (χ4v) is 2.86. The van der Waals surface area contributed by atoms with Gasteiger partial charge in [-0.25, -0.2) is 4.39 Å². The molecule has 1 aliphatic rings. The smallest absolute Gasteiger partial charge is 0.130 e. The highest BCUT2D eigenvalue weighted by atomic mass is 79.9. The quantitative estimate of drug-likeness (QED) is 0.833. The standard InChI is InChI=1S/C16H14BrFO2/c1-9-2-5-13(18)12(6-9)16-8-14(19)11-4-3-10(17)7-15(11)20-16/h2-7,14,16,19H,8H2,1H3/t14-,16?/m0/s1. The van der Waals surface area contributed by atoms with Crippen molar-refractivity contribution in [3.8, 4) is 5.75 Å². The second-order valence-corrected chi connectivity index (χ2v) is 5.98. The van der Waals surface area contributed by atoms with E-state index >= 15 is 0 Å². The van der Waals surface area contributed by atoms with Crippen LogP contribution in [-0.4, -0.2) is 5.11 Å². The summed E-state index contributed by atoms with van der Waals surface area (Å²) in [5, 5.41) is 10.2. The Hall–Kier alpha value is -1.39. The Balaban J connectivity index is 2.00. The number of aliphatic hydroxyl groups is 1. The number of ether oxygens (including phenoxy) is 1. The number of hydrogen-bond acceptors (Lipinski definition) is 2. The largest absolute Gasteiger partial charge is 0.485 e. The molecule has 1 N–H and O–H groups in total. The monoisotopic (exact) mass is 336 g/mol. The van der Waals surface area contributed by atoms with E-state index in [1.807, 2.05) is 19.1 Å². The molecule has 4 heteroatoms. The summed E-state index contributed by atoms with van der Waals surface area (Å²) < 4.78 is 20.7. The molecule has 20 heavy (non-hydrogen) atoms. The Morgan fingerprint density at radius 3 is 2.80 bits per heavy atom. The van der Waals surface area contributed by atoms with Gasteiger partial charge in [0.2, 0.25) is 0 Å². The molecular weight excluding hydrogens is 323 g/mol. The molecule has 2 atom stereocenters. The molecular formula is C16H14BrFO2. The van der Waals surface area contributed by atoms with Crippen LogP contribution in [-0.2, 0) is 0 Å². The van der Waals surface area contributed by atoms with Gasteiger partial charge in [-0.3, -0.25) is 0 Å². The van der Waals surface area contributed by atoms with Crippen LogP contribution in [0.2, 0.25) is 0 Å². The van der Waals surface area contributed by atoms with Crippen LogP contribution in [0.15, 0.2) is 40.9 Å². The van der Waals surface area contributed by atoms with Crippen molar-refractivity contribution in [3.05, 3.63) is 63.4 Å². The van der Waals surface area contributed by atoms with Gasteiger partial charge in [0.1, 0.15) is 17.7 Å². The van der Waals surface area contributed by atoms with Gasteiger partial charge in [-0.1, -0.05) is 33.6 Å². The Bertz CT molecular complexity index is 657. The van der Waals surface area contributed by atoms with E-state index in [4.69, 9.17) is 4.74 Å². The average Bonchev–Trinajstić information content (AvgIpc) is 2.41. The maximum absolute atomic E-state index is 14.0. The van der Waals surface area contributed by atoms with Gasteiger partial charge in [0.05, 0.1) is 6.10 Å². The maximum Gasteiger partial charge on any atom is 0.130 e. The fourth-order valence-electron chi connectivity index (χ4n) is 2.52. The third-order valence-electron chi connectivity index (χ3n) is 3.54. The molecule has 2 aromatic rings. The zero-order valence-corrected chi connectivity index (χ0v) is 12.5. The number of rotatable bonds is 1. The predicted molar refractivity (Wildman–Crippen MR) is 78.2 cm³/mol. The van der Waals surface area contributed by atoms with Crippen molar-refractivity contribution in [1.29, 1.82) is 0 Å². The van der Waals surface area contributed by atoms with Gasteiger partial charge in [-0.05, 0) is 31.2 Å². The molecule has 0 amide bonds. The molecule has 0 fully saturated rings. The third-order valence-corrected chi connectivity index (χ3v) is 4.03. The summed E-state index contributed by atoms with van der Waals surface area (Å²) in [6.07, 6.45) is -0.752. The van der Waals surface area contributed by atoms with E-state index in [1.54, 1.807) is 18.2 Å². The van der Waals surface area contributed by atoms with Crippen LogP contribution in [0.4, 0.5) is 4.39 Å². The van der Waals surface area contributed by atoms with Crippen LogP contribution in [0.1, 0.15) is 35.3 Å². The Morgan fingerprint density at radius 2 is 2.00 bits per heavy atom. The van der Waals surface area contributed by atoms with Crippen molar-refractivity contribution in [2.45, 2.75) is 25.6 Å². The van der Waals surface area contributed by atoms with Crippen molar-refractivity contribution in [1.82, 2.24) is 0 Å². The van der Waals surface area contributed by atoms with E-state index in [0.29, 0.717) is 17.7 Å². The second-order valence-electron chi connectivity index (χ2n) is 5.07. The molecule has 2 aromatic carbocycles. The first-order valence-electron chi connectivity index (χ1n) is 6.45. The lowest BCUT2D eigenvalue weighted by molar-refractivity contribution is 0.0639. The number of aryl methyl sites for hydroxylation is 1. The lowest BCUT2D eigenvalue weighted by atomic mass is 9.94. The minimum absolute atomic E-state index is 0.300. The van der Waals surface area contributed by atoms with Gasteiger partial charge in [0.15, 0.2) is 0 Å². The van der Waals surface area contributed by atoms with Crippen molar-refractivity contribution in [2.75, 3.05) is 0 Å². The molecule has 104 valence electrons. The average molecular weight is 337 g/mol. The number of fused-ring (bicyclic) bond motifs is 1. The predicted octanol–water partition coefficient (Wildman–Crippen LogP) is 4.45. The molecule has 3 rings (SSSR count). The van der Waals surface area contributed by atoms with E-state index in [-0.39, 0.29) is 5.82 Å². The number of aliphatic hydroxyl groups excluding tert-OH is 1. The van der Waals surface area contributed by atoms with Crippen LogP contribution in [0.3, 0.4) is 0 Å². The normalized spacial score (nSPS) is 21.2. The molecule has 0 bridgehead atoms. The van der Waals surface area contributed by atoms with Crippen molar-refractivity contribution in [3.63, 3.8) is 0 Å². The van der Waals surface area contributed by atoms with E-state index in [9.17, 15) is 9.50 Å². The molecule has 1 aliphatic heterocycles. The van der Waals surface area contributed by atoms with Gasteiger partial charge in [-0.15, -0.1) is 0 Å². The highest BCUT2D eigenvalue weighted by Crippen LogP contribution is 2.42. The van der Waals surface area contributed by atoms with E-state index < -0.39 is 12.2 Å². The molecule has 0 aromatic heterocycles. The molecule has 0 aliphatic carbocycles. The number of benzene rings is 2. The maximum atomic E-state index is 14.0. The van der Waals surface area contributed by atoms with Crippen LogP contribution >= 0.6 is 15.9 Å². The lowest BCUT2D eigenvalue weighted by Crippen LogP contribution is -2.20. The summed E-state index contributed by atoms with van der Waals surface area (Å²) in [4.78, 5) is 0. The summed E-state index contributed by atoms with van der Waals surface area (Å²) in [5.74, 6) is 0.301. The zero-order valence-electron chi connectivity index (χ0n) is 10.9. The minimum atomic E-state index is -0.642. The zero-order chi connectivity index (χ0) is 14.3.